The lowest BCUT2D eigenvalue weighted by atomic mass is 10.2. The van der Waals surface area contributed by atoms with Crippen LogP contribution in [0.1, 0.15) is 12.8 Å². The van der Waals surface area contributed by atoms with Crippen molar-refractivity contribution in [2.24, 2.45) is 4.99 Å². The quantitative estimate of drug-likeness (QED) is 0.432. The lowest BCUT2D eigenvalue weighted by Gasteiger charge is -2.04. The molecule has 0 radical (unpaired) electrons. The van der Waals surface area contributed by atoms with E-state index in [1.54, 1.807) is 24.3 Å². The van der Waals surface area contributed by atoms with Gasteiger partial charge < -0.3 is 9.57 Å². The molecular weight excluding hydrogens is 316 g/mol. The second-order valence-electron chi connectivity index (χ2n) is 4.83. The van der Waals surface area contributed by atoms with Gasteiger partial charge in [-0.3, -0.25) is 9.79 Å². The number of aromatic nitrogens is 3. The van der Waals surface area contributed by atoms with Crippen LogP contribution in [0.5, 0.6) is 0 Å². The summed E-state index contributed by atoms with van der Waals surface area (Å²) in [4.78, 5) is 44.1. The average Bonchev–Trinajstić information content (AvgIpc) is 3.00. The molecule has 1 aromatic carbocycles. The maximum Gasteiger partial charge on any atom is 0.337 e. The number of esters is 1. The number of cyclic esters (lactones) is 1. The third-order valence-corrected chi connectivity index (χ3v) is 3.10. The van der Waals surface area contributed by atoms with E-state index in [0.29, 0.717) is 22.2 Å². The van der Waals surface area contributed by atoms with Gasteiger partial charge in [-0.25, -0.2) is 9.59 Å². The molecule has 9 heteroatoms. The summed E-state index contributed by atoms with van der Waals surface area (Å²) in [6, 6.07) is 6.62. The molecule has 0 aliphatic carbocycles. The van der Waals surface area contributed by atoms with Crippen LogP contribution in [0, 0.1) is 0 Å². The summed E-state index contributed by atoms with van der Waals surface area (Å²) in [5.74, 6) is -0.895. The van der Waals surface area contributed by atoms with E-state index in [1.807, 2.05) is 0 Å². The molecule has 0 atom stereocenters. The van der Waals surface area contributed by atoms with Crippen LogP contribution < -0.4 is 10.4 Å². The Labute approximate surface area is 135 Å². The van der Waals surface area contributed by atoms with Crippen LogP contribution in [-0.4, -0.2) is 39.5 Å². The van der Waals surface area contributed by atoms with Gasteiger partial charge in [-0.05, 0) is 28.6 Å². The smallest absolute Gasteiger partial charge is 0.337 e. The van der Waals surface area contributed by atoms with Crippen LogP contribution in [0.2, 0.25) is 0 Å². The van der Waals surface area contributed by atoms with Gasteiger partial charge in [0.25, 0.3) is 0 Å². The molecule has 2 heterocycles. The minimum absolute atomic E-state index is 0.0232. The van der Waals surface area contributed by atoms with E-state index in [9.17, 15) is 14.4 Å². The van der Waals surface area contributed by atoms with Crippen molar-refractivity contribution < 1.29 is 19.2 Å². The lowest BCUT2D eigenvalue weighted by molar-refractivity contribution is -0.146. The number of rotatable bonds is 5. The van der Waals surface area contributed by atoms with Crippen LogP contribution in [-0.2, 0) is 14.3 Å². The summed E-state index contributed by atoms with van der Waals surface area (Å²) in [6.07, 6.45) is 3.10. The number of ether oxygens (including phenoxy) is 1. The third-order valence-electron chi connectivity index (χ3n) is 3.10. The number of carbonyl (C=O) groups is 2. The van der Waals surface area contributed by atoms with Gasteiger partial charge in [0.2, 0.25) is 5.90 Å². The molecule has 0 amide bonds. The Morgan fingerprint density at radius 2 is 2.08 bits per heavy atom. The molecule has 0 N–H and O–H groups in total. The third kappa shape index (κ3) is 3.51. The van der Waals surface area contributed by atoms with Crippen molar-refractivity contribution in [3.63, 3.8) is 0 Å². The van der Waals surface area contributed by atoms with Gasteiger partial charge in [-0.15, -0.1) is 5.10 Å². The Hall–Kier alpha value is -3.36. The molecule has 3 rings (SSSR count). The Morgan fingerprint density at radius 1 is 1.25 bits per heavy atom. The van der Waals surface area contributed by atoms with E-state index >= 15 is 0 Å². The molecule has 24 heavy (non-hydrogen) atoms. The average molecular weight is 328 g/mol. The standard InChI is InChI=1S/C15H12N4O5/c20-13-8-7-12(23-13)16-9-3-6-14(21)24-19-15(22)10-4-1-2-5-11(10)17-18-19/h1-2,4-5,7-8H,3,6,9H2. The SMILES string of the molecule is O=C1C=CC(=NCCCC(=O)On2nnc3ccccc3c2=O)O1. The normalized spacial score (nSPS) is 15.0. The Bertz CT molecular complexity index is 915. The topological polar surface area (TPSA) is 113 Å². The van der Waals surface area contributed by atoms with E-state index < -0.39 is 17.5 Å². The second kappa shape index (κ2) is 6.82. The highest BCUT2D eigenvalue weighted by molar-refractivity contribution is 6.07. The van der Waals surface area contributed by atoms with Crippen molar-refractivity contribution in [3.8, 4) is 0 Å². The van der Waals surface area contributed by atoms with Gasteiger partial charge in [-0.1, -0.05) is 12.1 Å². The predicted octanol–water partition coefficient (Wildman–Crippen LogP) is 0.0384. The van der Waals surface area contributed by atoms with Crippen LogP contribution in [0.25, 0.3) is 10.9 Å². The van der Waals surface area contributed by atoms with Crippen molar-refractivity contribution in [2.75, 3.05) is 6.54 Å². The van der Waals surface area contributed by atoms with Crippen molar-refractivity contribution in [1.29, 1.82) is 0 Å². The van der Waals surface area contributed by atoms with Crippen molar-refractivity contribution in [1.82, 2.24) is 15.2 Å². The van der Waals surface area contributed by atoms with Crippen LogP contribution in [0.15, 0.2) is 46.2 Å². The Kier molecular flexibility index (Phi) is 4.41. The number of hydrogen-bond acceptors (Lipinski definition) is 8. The lowest BCUT2D eigenvalue weighted by Crippen LogP contribution is -2.33. The van der Waals surface area contributed by atoms with Gasteiger partial charge in [0, 0.05) is 25.1 Å². The van der Waals surface area contributed by atoms with Gasteiger partial charge in [-0.2, -0.15) is 0 Å². The first-order valence-corrected chi connectivity index (χ1v) is 7.14. The Morgan fingerprint density at radius 3 is 2.88 bits per heavy atom. The minimum atomic E-state index is -0.638. The van der Waals surface area contributed by atoms with E-state index in [-0.39, 0.29) is 18.9 Å². The maximum absolute atomic E-state index is 12.1. The molecular formula is C15H12N4O5. The fourth-order valence-electron chi connectivity index (χ4n) is 1.98. The highest BCUT2D eigenvalue weighted by atomic mass is 16.7. The summed E-state index contributed by atoms with van der Waals surface area (Å²) >= 11 is 0. The summed E-state index contributed by atoms with van der Waals surface area (Å²) < 4.78 is 4.74. The molecule has 0 saturated carbocycles. The predicted molar refractivity (Wildman–Crippen MR) is 82.2 cm³/mol. The van der Waals surface area contributed by atoms with E-state index in [0.717, 1.165) is 0 Å². The summed E-state index contributed by atoms with van der Waals surface area (Å²) in [6.45, 7) is 0.278. The zero-order valence-electron chi connectivity index (χ0n) is 12.4. The molecule has 2 aromatic rings. The first-order valence-electron chi connectivity index (χ1n) is 7.14. The molecule has 0 bridgehead atoms. The molecule has 1 aliphatic rings. The van der Waals surface area contributed by atoms with E-state index in [1.165, 1.54) is 12.2 Å². The first kappa shape index (κ1) is 15.5. The number of benzene rings is 1. The highest BCUT2D eigenvalue weighted by Crippen LogP contribution is 2.03. The van der Waals surface area contributed by atoms with Gasteiger partial charge in [0.1, 0.15) is 5.52 Å². The van der Waals surface area contributed by atoms with Crippen molar-refractivity contribution in [2.45, 2.75) is 12.8 Å². The molecule has 0 unspecified atom stereocenters. The monoisotopic (exact) mass is 328 g/mol. The minimum Gasteiger partial charge on any atom is -0.405 e. The molecule has 1 aliphatic heterocycles. The largest absolute Gasteiger partial charge is 0.405 e. The molecule has 122 valence electrons. The second-order valence-corrected chi connectivity index (χ2v) is 4.83. The van der Waals surface area contributed by atoms with Crippen LogP contribution >= 0.6 is 0 Å². The highest BCUT2D eigenvalue weighted by Gasteiger charge is 2.12. The van der Waals surface area contributed by atoms with Crippen molar-refractivity contribution >= 4 is 28.7 Å². The number of carbonyl (C=O) groups excluding carboxylic acids is 2. The number of aliphatic imine (C=N–C) groups is 1. The fraction of sp³-hybridized carbons (Fsp3) is 0.200. The molecule has 0 spiro atoms. The summed E-state index contributed by atoms with van der Waals surface area (Å²) in [7, 11) is 0. The zero-order chi connectivity index (χ0) is 16.9. The first-order chi connectivity index (χ1) is 11.6. The maximum atomic E-state index is 12.1. The summed E-state index contributed by atoms with van der Waals surface area (Å²) in [5, 5.41) is 7.68. The molecule has 1 aromatic heterocycles. The molecule has 9 nitrogen and oxygen atoms in total. The molecule has 0 saturated heterocycles. The molecule has 0 fully saturated rings. The number of hydrogen-bond donors (Lipinski definition) is 0. The Balaban J connectivity index is 1.55. The van der Waals surface area contributed by atoms with Crippen LogP contribution in [0.4, 0.5) is 0 Å². The number of fused-ring (bicyclic) bond motifs is 1. The summed E-state index contributed by atoms with van der Waals surface area (Å²) in [5.41, 5.74) is -0.137. The van der Waals surface area contributed by atoms with Gasteiger partial charge in [0.05, 0.1) is 5.39 Å². The van der Waals surface area contributed by atoms with Crippen molar-refractivity contribution in [3.05, 3.63) is 46.8 Å². The zero-order valence-corrected chi connectivity index (χ0v) is 12.4. The van der Waals surface area contributed by atoms with Crippen LogP contribution in [0.3, 0.4) is 0 Å². The van der Waals surface area contributed by atoms with Gasteiger partial charge in [0.15, 0.2) is 0 Å². The van der Waals surface area contributed by atoms with E-state index in [4.69, 9.17) is 9.57 Å². The fourth-order valence-corrected chi connectivity index (χ4v) is 1.98. The van der Waals surface area contributed by atoms with E-state index in [2.05, 4.69) is 15.3 Å². The number of nitrogens with zero attached hydrogens (tertiary/aromatic N) is 4. The van der Waals surface area contributed by atoms with Gasteiger partial charge >= 0.3 is 17.5 Å².